The zero-order valence-corrected chi connectivity index (χ0v) is 18.9. The Morgan fingerprint density at radius 1 is 1.30 bits per heavy atom. The molecule has 0 amide bonds. The minimum Gasteiger partial charge on any atom is -0.386 e. The molecule has 0 spiro atoms. The molecule has 0 aliphatic carbocycles. The Bertz CT molecular complexity index is 1000. The van der Waals surface area contributed by atoms with Crippen LogP contribution >= 0.6 is 11.6 Å². The van der Waals surface area contributed by atoms with Crippen LogP contribution in [0.25, 0.3) is 11.3 Å². The van der Waals surface area contributed by atoms with Crippen molar-refractivity contribution in [2.24, 2.45) is 4.99 Å². The van der Waals surface area contributed by atoms with Gasteiger partial charge in [-0.2, -0.15) is 0 Å². The van der Waals surface area contributed by atoms with Crippen molar-refractivity contribution < 1.29 is 13.2 Å². The van der Waals surface area contributed by atoms with Crippen LogP contribution in [0, 0.1) is 19.7 Å². The van der Waals surface area contributed by atoms with Crippen molar-refractivity contribution in [2.45, 2.75) is 46.7 Å². The van der Waals surface area contributed by atoms with Crippen molar-refractivity contribution in [3.63, 3.8) is 0 Å². The van der Waals surface area contributed by atoms with E-state index in [4.69, 9.17) is 17.3 Å². The van der Waals surface area contributed by atoms with E-state index in [0.717, 1.165) is 6.92 Å². The fourth-order valence-electron chi connectivity index (χ4n) is 3.56. The Morgan fingerprint density at radius 2 is 1.90 bits per heavy atom. The summed E-state index contributed by atoms with van der Waals surface area (Å²) in [6.07, 6.45) is -0.209. The van der Waals surface area contributed by atoms with E-state index >= 15 is 4.39 Å². The third kappa shape index (κ3) is 4.39. The van der Waals surface area contributed by atoms with Crippen LogP contribution in [-0.2, 0) is 5.92 Å². The molecular weight excluding hydrogens is 415 g/mol. The predicted octanol–water partition coefficient (Wildman–Crippen LogP) is 5.27. The number of nitrogens with zero attached hydrogens (tertiary/aromatic N) is 2. The number of anilines is 2. The zero-order chi connectivity index (χ0) is 23.0. The summed E-state index contributed by atoms with van der Waals surface area (Å²) in [6, 6.07) is 1.33. The molecule has 0 saturated carbocycles. The molecule has 5 nitrogen and oxygen atoms in total. The lowest BCUT2D eigenvalue weighted by molar-refractivity contribution is 0.0172. The van der Waals surface area contributed by atoms with Crippen LogP contribution in [0.4, 0.5) is 24.7 Å². The third-order valence-electron chi connectivity index (χ3n) is 4.94. The summed E-state index contributed by atoms with van der Waals surface area (Å²) >= 11 is 6.57. The second-order valence-electron chi connectivity index (χ2n) is 7.28. The molecule has 1 heterocycles. The number of hydrogen-bond donors (Lipinski definition) is 3. The second kappa shape index (κ2) is 8.81. The minimum atomic E-state index is -3.28. The number of nitrogens with one attached hydrogen (secondary N) is 2. The maximum absolute atomic E-state index is 15.6. The molecule has 4 N–H and O–H groups in total. The summed E-state index contributed by atoms with van der Waals surface area (Å²) in [5, 5.41) is 5.87. The van der Waals surface area contributed by atoms with E-state index in [9.17, 15) is 8.78 Å². The Morgan fingerprint density at radius 3 is 2.40 bits per heavy atom. The molecule has 0 aliphatic heterocycles. The summed E-state index contributed by atoms with van der Waals surface area (Å²) in [6.45, 7) is 7.35. The van der Waals surface area contributed by atoms with Crippen LogP contribution in [0.1, 0.15) is 43.0 Å². The molecule has 2 aromatic rings. The Balaban J connectivity index is 2.97. The van der Waals surface area contributed by atoms with Crippen LogP contribution in [0.2, 0.25) is 5.02 Å². The van der Waals surface area contributed by atoms with Crippen molar-refractivity contribution in [3.8, 4) is 11.3 Å². The first-order valence-corrected chi connectivity index (χ1v) is 9.79. The van der Waals surface area contributed by atoms with Crippen molar-refractivity contribution in [1.29, 1.82) is 0 Å². The zero-order valence-electron chi connectivity index (χ0n) is 18.1. The van der Waals surface area contributed by atoms with Gasteiger partial charge in [0.15, 0.2) is 0 Å². The predicted molar refractivity (Wildman–Crippen MR) is 118 cm³/mol. The SMILES string of the molecule is CNc1c(Cl)c(-c2nc(N)cc(C)c2C(C)(F)F)c(F)c(C)c1/C(C)=N\C(C)NC. The number of alkyl halides is 2. The van der Waals surface area contributed by atoms with E-state index in [1.165, 1.54) is 13.0 Å². The number of nitrogens with two attached hydrogens (primary N) is 1. The van der Waals surface area contributed by atoms with Gasteiger partial charge in [-0.1, -0.05) is 11.6 Å². The van der Waals surface area contributed by atoms with Crippen LogP contribution in [0.5, 0.6) is 0 Å². The van der Waals surface area contributed by atoms with Gasteiger partial charge in [0.1, 0.15) is 11.6 Å². The molecule has 30 heavy (non-hydrogen) atoms. The highest BCUT2D eigenvalue weighted by Crippen LogP contribution is 2.45. The molecule has 1 unspecified atom stereocenters. The highest BCUT2D eigenvalue weighted by molar-refractivity contribution is 6.37. The summed E-state index contributed by atoms with van der Waals surface area (Å²) in [7, 11) is 3.37. The first kappa shape index (κ1) is 24.0. The van der Waals surface area contributed by atoms with E-state index in [1.54, 1.807) is 27.9 Å². The van der Waals surface area contributed by atoms with Crippen LogP contribution in [-0.4, -0.2) is 31.0 Å². The van der Waals surface area contributed by atoms with Gasteiger partial charge in [0.05, 0.1) is 33.7 Å². The van der Waals surface area contributed by atoms with E-state index in [2.05, 4.69) is 20.6 Å². The molecule has 9 heteroatoms. The van der Waals surface area contributed by atoms with Crippen LogP contribution in [0.3, 0.4) is 0 Å². The first-order valence-electron chi connectivity index (χ1n) is 9.42. The molecule has 1 atom stereocenters. The summed E-state index contributed by atoms with van der Waals surface area (Å²) in [5.74, 6) is -4.02. The quantitative estimate of drug-likeness (QED) is 0.534. The first-order chi connectivity index (χ1) is 13.8. The molecule has 164 valence electrons. The molecular formula is C21H27ClF3N5. The highest BCUT2D eigenvalue weighted by Gasteiger charge is 2.35. The van der Waals surface area contributed by atoms with Crippen LogP contribution in [0.15, 0.2) is 11.1 Å². The number of nitrogen functional groups attached to an aromatic ring is 1. The van der Waals surface area contributed by atoms with Gasteiger partial charge in [-0.05, 0) is 51.9 Å². The van der Waals surface area contributed by atoms with E-state index < -0.39 is 17.3 Å². The van der Waals surface area contributed by atoms with Crippen molar-refractivity contribution in [1.82, 2.24) is 10.3 Å². The second-order valence-corrected chi connectivity index (χ2v) is 7.66. The van der Waals surface area contributed by atoms with E-state index in [1.807, 2.05) is 6.92 Å². The van der Waals surface area contributed by atoms with E-state index in [0.29, 0.717) is 17.0 Å². The number of hydrogen-bond acceptors (Lipinski definition) is 5. The molecule has 0 fully saturated rings. The van der Waals surface area contributed by atoms with Gasteiger partial charge in [0.2, 0.25) is 0 Å². The van der Waals surface area contributed by atoms with Gasteiger partial charge >= 0.3 is 0 Å². The normalized spacial score (nSPS) is 13.5. The molecule has 1 aromatic carbocycles. The van der Waals surface area contributed by atoms with Gasteiger partial charge in [0.25, 0.3) is 5.92 Å². The fourth-order valence-corrected chi connectivity index (χ4v) is 3.92. The van der Waals surface area contributed by atoms with Gasteiger partial charge in [-0.15, -0.1) is 0 Å². The molecule has 1 aromatic heterocycles. The topological polar surface area (TPSA) is 75.3 Å². The average Bonchev–Trinajstić information content (AvgIpc) is 2.62. The molecule has 0 radical (unpaired) electrons. The number of rotatable bonds is 6. The summed E-state index contributed by atoms with van der Waals surface area (Å²) in [4.78, 5) is 8.54. The number of aromatic nitrogens is 1. The van der Waals surface area contributed by atoms with Gasteiger partial charge in [-0.3, -0.25) is 10.3 Å². The Kier molecular flexibility index (Phi) is 7.04. The average molecular weight is 442 g/mol. The lowest BCUT2D eigenvalue weighted by atomic mass is 9.92. The highest BCUT2D eigenvalue weighted by atomic mass is 35.5. The lowest BCUT2D eigenvalue weighted by Crippen LogP contribution is -2.21. The monoisotopic (exact) mass is 441 g/mol. The summed E-state index contributed by atoms with van der Waals surface area (Å²) < 4.78 is 44.5. The number of aryl methyl sites for hydroxylation is 1. The smallest absolute Gasteiger partial charge is 0.272 e. The number of halogens is 4. The number of aliphatic imine (C=N–C) groups is 1. The molecule has 0 bridgehead atoms. The maximum Gasteiger partial charge on any atom is 0.272 e. The van der Waals surface area contributed by atoms with Crippen molar-refractivity contribution >= 4 is 28.8 Å². The number of benzene rings is 1. The molecule has 2 rings (SSSR count). The summed E-state index contributed by atoms with van der Waals surface area (Å²) in [5.41, 5.74) is 6.71. The maximum atomic E-state index is 15.6. The van der Waals surface area contributed by atoms with Crippen molar-refractivity contribution in [3.05, 3.63) is 39.2 Å². The van der Waals surface area contributed by atoms with E-state index in [-0.39, 0.29) is 39.4 Å². The third-order valence-corrected chi connectivity index (χ3v) is 5.32. The Hall–Kier alpha value is -2.32. The molecule has 0 saturated heterocycles. The van der Waals surface area contributed by atoms with Crippen LogP contribution < -0.4 is 16.4 Å². The van der Waals surface area contributed by atoms with Gasteiger partial charge < -0.3 is 11.1 Å². The standard InChI is InChI=1S/C21H27ClF3N5/c1-9-8-13(26)30-19(16(9)21(5,24)25)15-17(22)20(28-7)14(10(2)18(15)23)11(3)29-12(4)27-6/h8,12,27-28H,1-7H3,(H2,26,30)/b29-11-. The Labute approximate surface area is 179 Å². The van der Waals surface area contributed by atoms with Gasteiger partial charge in [0, 0.05) is 25.2 Å². The van der Waals surface area contributed by atoms with Crippen molar-refractivity contribution in [2.75, 3.05) is 25.1 Å². The fraction of sp³-hybridized carbons (Fsp3) is 0.429. The number of pyridine rings is 1. The lowest BCUT2D eigenvalue weighted by Gasteiger charge is -2.23. The molecule has 0 aliphatic rings. The van der Waals surface area contributed by atoms with Gasteiger partial charge in [-0.25, -0.2) is 18.2 Å². The largest absolute Gasteiger partial charge is 0.386 e. The minimum absolute atomic E-state index is 0.000656.